The molecule has 5 heteroatoms. The Labute approximate surface area is 150 Å². The number of aryl methyl sites for hydroxylation is 1. The van der Waals surface area contributed by atoms with E-state index in [1.807, 2.05) is 25.2 Å². The summed E-state index contributed by atoms with van der Waals surface area (Å²) in [4.78, 5) is 17.3. The average Bonchev–Trinajstić information content (AvgIpc) is 2.94. The molecule has 2 aromatic rings. The number of piperazine rings is 1. The first-order chi connectivity index (χ1) is 12.0. The molecule has 0 saturated carbocycles. The van der Waals surface area contributed by atoms with Crippen molar-refractivity contribution in [3.05, 3.63) is 58.9 Å². The molecule has 1 amide bonds. The normalized spacial score (nSPS) is 16.1. The Morgan fingerprint density at radius 1 is 1.08 bits per heavy atom. The third-order valence-corrected chi connectivity index (χ3v) is 5.10. The number of nitrogens with zero attached hydrogens (tertiary/aromatic N) is 3. The first-order valence-corrected chi connectivity index (χ1v) is 8.92. The first kappa shape index (κ1) is 17.7. The summed E-state index contributed by atoms with van der Waals surface area (Å²) < 4.78 is 2.10. The summed E-state index contributed by atoms with van der Waals surface area (Å²) in [6.07, 6.45) is 0. The molecule has 3 rings (SSSR count). The molecule has 2 heterocycles. The number of hydrogen-bond acceptors (Lipinski definition) is 3. The van der Waals surface area contributed by atoms with Gasteiger partial charge in [0, 0.05) is 56.7 Å². The Balaban J connectivity index is 1.58. The molecule has 1 aromatic heterocycles. The van der Waals surface area contributed by atoms with Crippen molar-refractivity contribution in [3.8, 4) is 0 Å². The van der Waals surface area contributed by atoms with Gasteiger partial charge in [-0.15, -0.1) is 0 Å². The third kappa shape index (κ3) is 4.50. The summed E-state index contributed by atoms with van der Waals surface area (Å²) in [5.41, 5.74) is 4.24. The van der Waals surface area contributed by atoms with Crippen LogP contribution in [0.25, 0.3) is 0 Å². The highest BCUT2D eigenvalue weighted by atomic mass is 16.1. The second-order valence-electron chi connectivity index (χ2n) is 6.99. The van der Waals surface area contributed by atoms with Crippen LogP contribution >= 0.6 is 0 Å². The number of aromatic nitrogens is 1. The van der Waals surface area contributed by atoms with E-state index in [2.05, 4.69) is 51.9 Å². The molecule has 1 fully saturated rings. The van der Waals surface area contributed by atoms with E-state index >= 15 is 0 Å². The molecular weight excluding hydrogens is 312 g/mol. The van der Waals surface area contributed by atoms with Crippen molar-refractivity contribution in [2.24, 2.45) is 7.05 Å². The molecule has 1 aliphatic rings. The van der Waals surface area contributed by atoms with Crippen LogP contribution in [0.1, 0.15) is 27.3 Å². The van der Waals surface area contributed by atoms with Gasteiger partial charge in [-0.2, -0.15) is 0 Å². The molecule has 0 aliphatic carbocycles. The monoisotopic (exact) mass is 340 g/mol. The van der Waals surface area contributed by atoms with Crippen LogP contribution in [-0.4, -0.2) is 53.5 Å². The highest BCUT2D eigenvalue weighted by Gasteiger charge is 2.14. The molecule has 5 nitrogen and oxygen atoms in total. The SMILES string of the molecule is Cc1ccc(CNC(=O)c2cccc(CN3CCN(C)CC3)c2)n1C. The predicted molar refractivity (Wildman–Crippen MR) is 101 cm³/mol. The van der Waals surface area contributed by atoms with Crippen molar-refractivity contribution in [1.29, 1.82) is 0 Å². The van der Waals surface area contributed by atoms with Gasteiger partial charge < -0.3 is 14.8 Å². The quantitative estimate of drug-likeness (QED) is 0.905. The Morgan fingerprint density at radius 3 is 2.52 bits per heavy atom. The fraction of sp³-hybridized carbons (Fsp3) is 0.450. The van der Waals surface area contributed by atoms with Crippen molar-refractivity contribution < 1.29 is 4.79 Å². The van der Waals surface area contributed by atoms with Gasteiger partial charge in [0.15, 0.2) is 0 Å². The maximum absolute atomic E-state index is 12.5. The van der Waals surface area contributed by atoms with Gasteiger partial charge in [-0.25, -0.2) is 0 Å². The van der Waals surface area contributed by atoms with Crippen LogP contribution in [0.5, 0.6) is 0 Å². The van der Waals surface area contributed by atoms with E-state index in [0.717, 1.165) is 44.0 Å². The van der Waals surface area contributed by atoms with Crippen molar-refractivity contribution >= 4 is 5.91 Å². The topological polar surface area (TPSA) is 40.5 Å². The number of hydrogen-bond donors (Lipinski definition) is 1. The van der Waals surface area contributed by atoms with Gasteiger partial charge in [-0.1, -0.05) is 12.1 Å². The zero-order valence-electron chi connectivity index (χ0n) is 15.5. The number of amides is 1. The summed E-state index contributed by atoms with van der Waals surface area (Å²) in [5, 5.41) is 3.03. The Bertz CT molecular complexity index is 729. The molecular formula is C20H28N4O. The summed E-state index contributed by atoms with van der Waals surface area (Å²) in [7, 11) is 4.18. The molecule has 0 radical (unpaired) electrons. The van der Waals surface area contributed by atoms with E-state index < -0.39 is 0 Å². The molecule has 1 aromatic carbocycles. The second-order valence-corrected chi connectivity index (χ2v) is 6.99. The summed E-state index contributed by atoms with van der Waals surface area (Å²) >= 11 is 0. The highest BCUT2D eigenvalue weighted by Crippen LogP contribution is 2.11. The minimum absolute atomic E-state index is 0.0147. The van der Waals surface area contributed by atoms with Gasteiger partial charge in [-0.05, 0) is 43.8 Å². The van der Waals surface area contributed by atoms with Gasteiger partial charge >= 0.3 is 0 Å². The zero-order chi connectivity index (χ0) is 17.8. The fourth-order valence-corrected chi connectivity index (χ4v) is 3.19. The lowest BCUT2D eigenvalue weighted by Crippen LogP contribution is -2.43. The van der Waals surface area contributed by atoms with E-state index in [4.69, 9.17) is 0 Å². The van der Waals surface area contributed by atoms with E-state index in [1.165, 1.54) is 11.3 Å². The molecule has 0 spiro atoms. The lowest BCUT2D eigenvalue weighted by atomic mass is 10.1. The van der Waals surface area contributed by atoms with Crippen LogP contribution in [-0.2, 0) is 20.1 Å². The van der Waals surface area contributed by atoms with Crippen LogP contribution in [0.3, 0.4) is 0 Å². The standard InChI is InChI=1S/C20H28N4O/c1-16-7-8-19(23(16)3)14-21-20(25)18-6-4-5-17(13-18)15-24-11-9-22(2)10-12-24/h4-8,13H,9-12,14-15H2,1-3H3,(H,21,25). The van der Waals surface area contributed by atoms with Gasteiger partial charge in [0.1, 0.15) is 0 Å². The second kappa shape index (κ2) is 7.85. The largest absolute Gasteiger partial charge is 0.350 e. The minimum atomic E-state index is -0.0147. The van der Waals surface area contributed by atoms with E-state index in [-0.39, 0.29) is 5.91 Å². The highest BCUT2D eigenvalue weighted by molar-refractivity contribution is 5.94. The number of likely N-dealkylation sites (N-methyl/N-ethyl adjacent to an activating group) is 1. The van der Waals surface area contributed by atoms with Gasteiger partial charge in [0.2, 0.25) is 0 Å². The van der Waals surface area contributed by atoms with Crippen molar-refractivity contribution in [1.82, 2.24) is 19.7 Å². The van der Waals surface area contributed by atoms with Crippen molar-refractivity contribution in [3.63, 3.8) is 0 Å². The summed E-state index contributed by atoms with van der Waals surface area (Å²) in [6, 6.07) is 12.1. The maximum Gasteiger partial charge on any atom is 0.251 e. The van der Waals surface area contributed by atoms with E-state index in [1.54, 1.807) is 0 Å². The molecule has 0 bridgehead atoms. The first-order valence-electron chi connectivity index (χ1n) is 8.92. The van der Waals surface area contributed by atoms with Gasteiger partial charge in [0.05, 0.1) is 6.54 Å². The fourth-order valence-electron chi connectivity index (χ4n) is 3.19. The van der Waals surface area contributed by atoms with Crippen LogP contribution in [0.2, 0.25) is 0 Å². The zero-order valence-corrected chi connectivity index (χ0v) is 15.5. The number of benzene rings is 1. The molecule has 134 valence electrons. The average molecular weight is 340 g/mol. The van der Waals surface area contributed by atoms with Crippen LogP contribution < -0.4 is 5.32 Å². The van der Waals surface area contributed by atoms with Gasteiger partial charge in [-0.3, -0.25) is 9.69 Å². The Morgan fingerprint density at radius 2 is 1.84 bits per heavy atom. The van der Waals surface area contributed by atoms with E-state index in [9.17, 15) is 4.79 Å². The number of nitrogens with one attached hydrogen (secondary N) is 1. The molecule has 0 atom stereocenters. The molecule has 1 saturated heterocycles. The predicted octanol–water partition coefficient (Wildman–Crippen LogP) is 2.01. The van der Waals surface area contributed by atoms with Crippen molar-refractivity contribution in [2.45, 2.75) is 20.0 Å². The van der Waals surface area contributed by atoms with Crippen LogP contribution in [0.4, 0.5) is 0 Å². The van der Waals surface area contributed by atoms with E-state index in [0.29, 0.717) is 6.54 Å². The third-order valence-electron chi connectivity index (χ3n) is 5.10. The Kier molecular flexibility index (Phi) is 5.56. The van der Waals surface area contributed by atoms with Gasteiger partial charge in [0.25, 0.3) is 5.91 Å². The number of carbonyl (C=O) groups is 1. The Hall–Kier alpha value is -2.11. The van der Waals surface area contributed by atoms with Crippen LogP contribution in [0, 0.1) is 6.92 Å². The van der Waals surface area contributed by atoms with Crippen molar-refractivity contribution in [2.75, 3.05) is 33.2 Å². The summed E-state index contributed by atoms with van der Waals surface area (Å²) in [5.74, 6) is -0.0147. The minimum Gasteiger partial charge on any atom is -0.350 e. The lowest BCUT2D eigenvalue weighted by molar-refractivity contribution is 0.0950. The molecule has 0 unspecified atom stereocenters. The lowest BCUT2D eigenvalue weighted by Gasteiger charge is -2.32. The molecule has 1 N–H and O–H groups in total. The summed E-state index contributed by atoms with van der Waals surface area (Å²) in [6.45, 7) is 7.90. The number of carbonyl (C=O) groups excluding carboxylic acids is 1. The smallest absolute Gasteiger partial charge is 0.251 e. The molecule has 1 aliphatic heterocycles. The maximum atomic E-state index is 12.5. The number of rotatable bonds is 5. The molecule has 25 heavy (non-hydrogen) atoms. The van der Waals surface area contributed by atoms with Crippen LogP contribution in [0.15, 0.2) is 36.4 Å².